The first kappa shape index (κ1) is 30.0. The Bertz CT molecular complexity index is 1350. The van der Waals surface area contributed by atoms with E-state index >= 15 is 0 Å². The Hall–Kier alpha value is -2.98. The van der Waals surface area contributed by atoms with Crippen LogP contribution in [0.15, 0.2) is 41.4 Å². The Morgan fingerprint density at radius 3 is 2.60 bits per heavy atom. The molecule has 10 heteroatoms. The second-order valence-corrected chi connectivity index (χ2v) is 11.9. The molecule has 1 aliphatic heterocycles. The van der Waals surface area contributed by atoms with Gasteiger partial charge in [-0.1, -0.05) is 0 Å². The maximum absolute atomic E-state index is 14.0. The van der Waals surface area contributed by atoms with Crippen LogP contribution in [-0.4, -0.2) is 67.6 Å². The van der Waals surface area contributed by atoms with E-state index in [0.717, 1.165) is 85.4 Å². The summed E-state index contributed by atoms with van der Waals surface area (Å²) in [5.74, 6) is -2.55. The van der Waals surface area contributed by atoms with Gasteiger partial charge in [0.1, 0.15) is 11.6 Å². The number of nitrogens with zero attached hydrogens (tertiary/aromatic N) is 3. The van der Waals surface area contributed by atoms with Crippen LogP contribution in [-0.2, 0) is 11.2 Å². The first-order valence-electron chi connectivity index (χ1n) is 13.5. The van der Waals surface area contributed by atoms with Gasteiger partial charge in [0.25, 0.3) is 0 Å². The highest BCUT2D eigenvalue weighted by Crippen LogP contribution is 2.41. The number of rotatable bonds is 12. The molecule has 3 aromatic rings. The third-order valence-corrected chi connectivity index (χ3v) is 8.84. The number of carboxylic acids is 1. The number of aliphatic carboxylic acids is 1. The number of aromatic nitrogens is 1. The maximum Gasteiger partial charge on any atom is 0.303 e. The van der Waals surface area contributed by atoms with Crippen molar-refractivity contribution in [1.29, 1.82) is 0 Å². The normalized spacial score (nSPS) is 15.3. The Balaban J connectivity index is 1.39. The van der Waals surface area contributed by atoms with Crippen molar-refractivity contribution < 1.29 is 27.8 Å². The van der Waals surface area contributed by atoms with Crippen LogP contribution in [0.4, 0.5) is 18.9 Å². The standard InChI is InChI=1S/C30H36F3N3O3S/c1-35(2)26-19-34-25-7-6-21(39-3)17-23(25)22(26)5-4-8-30(18-28(37)38)9-11-36(12-10-30)13-14-40-27-16-20(31)15-24(32)29(27)33/h6-7,15-17,19H,4-5,8-14,18H2,1-3H3,(H,37,38). The van der Waals surface area contributed by atoms with Gasteiger partial charge in [-0.05, 0) is 80.4 Å². The number of aryl methyl sites for hydroxylation is 1. The SMILES string of the molecule is COc1ccc2ncc(N(C)C)c(CCCC3(CC(=O)O)CCN(CCSc4cc(F)cc(F)c4F)CC3)c2c1. The number of likely N-dealkylation sites (tertiary alicyclic amines) is 1. The summed E-state index contributed by atoms with van der Waals surface area (Å²) >= 11 is 1.09. The summed E-state index contributed by atoms with van der Waals surface area (Å²) in [5.41, 5.74) is 2.81. The van der Waals surface area contributed by atoms with E-state index in [4.69, 9.17) is 4.74 Å². The minimum atomic E-state index is -1.18. The van der Waals surface area contributed by atoms with Crippen LogP contribution in [0.3, 0.4) is 0 Å². The minimum absolute atomic E-state index is 0.0342. The predicted octanol–water partition coefficient (Wildman–Crippen LogP) is 6.40. The lowest BCUT2D eigenvalue weighted by Gasteiger charge is -2.41. The monoisotopic (exact) mass is 575 g/mol. The summed E-state index contributed by atoms with van der Waals surface area (Å²) in [5, 5.41) is 10.8. The van der Waals surface area contributed by atoms with E-state index in [-0.39, 0.29) is 16.7 Å². The summed E-state index contributed by atoms with van der Waals surface area (Å²) in [6, 6.07) is 7.42. The highest BCUT2D eigenvalue weighted by atomic mass is 32.2. The smallest absolute Gasteiger partial charge is 0.303 e. The number of benzene rings is 2. The largest absolute Gasteiger partial charge is 0.497 e. The fourth-order valence-corrected chi connectivity index (χ4v) is 6.63. The highest BCUT2D eigenvalue weighted by molar-refractivity contribution is 7.99. The predicted molar refractivity (Wildman–Crippen MR) is 153 cm³/mol. The van der Waals surface area contributed by atoms with E-state index in [1.165, 1.54) is 5.56 Å². The average Bonchev–Trinajstić information content (AvgIpc) is 2.91. The number of carboxylic acid groups (broad SMARTS) is 1. The molecule has 4 rings (SSSR count). The zero-order valence-electron chi connectivity index (χ0n) is 23.2. The molecule has 1 saturated heterocycles. The fraction of sp³-hybridized carbons (Fsp3) is 0.467. The van der Waals surface area contributed by atoms with Gasteiger partial charge in [0.2, 0.25) is 0 Å². The number of hydrogen-bond donors (Lipinski definition) is 1. The second-order valence-electron chi connectivity index (χ2n) is 10.7. The summed E-state index contributed by atoms with van der Waals surface area (Å²) in [7, 11) is 5.63. The number of halogens is 3. The van der Waals surface area contributed by atoms with Crippen molar-refractivity contribution in [3.63, 3.8) is 0 Å². The van der Waals surface area contributed by atoms with Crippen LogP contribution in [0.25, 0.3) is 10.9 Å². The Labute approximate surface area is 237 Å². The number of carbonyl (C=O) groups is 1. The highest BCUT2D eigenvalue weighted by Gasteiger charge is 2.36. The quantitative estimate of drug-likeness (QED) is 0.198. The molecule has 0 radical (unpaired) electrons. The Morgan fingerprint density at radius 2 is 1.93 bits per heavy atom. The van der Waals surface area contributed by atoms with Gasteiger partial charge in [0, 0.05) is 42.7 Å². The van der Waals surface area contributed by atoms with E-state index in [0.29, 0.717) is 18.4 Å². The Kier molecular flexibility index (Phi) is 9.84. The number of thioether (sulfide) groups is 1. The molecule has 6 nitrogen and oxygen atoms in total. The number of fused-ring (bicyclic) bond motifs is 1. The molecule has 2 aromatic carbocycles. The van der Waals surface area contributed by atoms with Crippen molar-refractivity contribution in [1.82, 2.24) is 9.88 Å². The molecular weight excluding hydrogens is 539 g/mol. The van der Waals surface area contributed by atoms with Crippen molar-refractivity contribution in [3.8, 4) is 5.75 Å². The molecule has 0 spiro atoms. The van der Waals surface area contributed by atoms with Crippen LogP contribution >= 0.6 is 11.8 Å². The van der Waals surface area contributed by atoms with Crippen molar-refractivity contribution in [2.75, 3.05) is 51.5 Å². The number of ether oxygens (including phenoxy) is 1. The van der Waals surface area contributed by atoms with Crippen LogP contribution in [0.5, 0.6) is 5.75 Å². The molecule has 1 N–H and O–H groups in total. The number of pyridine rings is 1. The molecular formula is C30H36F3N3O3S. The molecule has 1 fully saturated rings. The van der Waals surface area contributed by atoms with E-state index in [1.807, 2.05) is 38.5 Å². The third kappa shape index (κ3) is 7.20. The number of methoxy groups -OCH3 is 1. The summed E-state index contributed by atoms with van der Waals surface area (Å²) in [4.78, 5) is 20.7. The van der Waals surface area contributed by atoms with Crippen molar-refractivity contribution >= 4 is 34.3 Å². The molecule has 1 aromatic heterocycles. The number of hydrogen-bond acceptors (Lipinski definition) is 6. The minimum Gasteiger partial charge on any atom is -0.497 e. The van der Waals surface area contributed by atoms with E-state index in [1.54, 1.807) is 7.11 Å². The van der Waals surface area contributed by atoms with Gasteiger partial charge in [-0.3, -0.25) is 9.78 Å². The molecule has 0 aliphatic carbocycles. The zero-order chi connectivity index (χ0) is 28.9. The number of piperidine rings is 1. The van der Waals surface area contributed by atoms with Gasteiger partial charge in [-0.15, -0.1) is 11.8 Å². The van der Waals surface area contributed by atoms with Crippen molar-refractivity contribution in [2.24, 2.45) is 5.41 Å². The van der Waals surface area contributed by atoms with Gasteiger partial charge >= 0.3 is 5.97 Å². The van der Waals surface area contributed by atoms with Gasteiger partial charge in [-0.25, -0.2) is 13.2 Å². The van der Waals surface area contributed by atoms with E-state index in [2.05, 4.69) is 14.8 Å². The lowest BCUT2D eigenvalue weighted by atomic mass is 9.72. The molecule has 40 heavy (non-hydrogen) atoms. The maximum atomic E-state index is 14.0. The van der Waals surface area contributed by atoms with Crippen LogP contribution in [0, 0.1) is 22.9 Å². The third-order valence-electron chi connectivity index (χ3n) is 7.85. The molecule has 1 aliphatic rings. The lowest BCUT2D eigenvalue weighted by molar-refractivity contribution is -0.140. The van der Waals surface area contributed by atoms with Gasteiger partial charge in [-0.2, -0.15) is 0 Å². The first-order valence-corrected chi connectivity index (χ1v) is 14.4. The second kappa shape index (κ2) is 13.1. The molecule has 0 atom stereocenters. The topological polar surface area (TPSA) is 65.9 Å². The van der Waals surface area contributed by atoms with Gasteiger partial charge in [0.15, 0.2) is 11.6 Å². The lowest BCUT2D eigenvalue weighted by Crippen LogP contribution is -2.42. The molecule has 0 unspecified atom stereocenters. The van der Waals surface area contributed by atoms with Crippen molar-refractivity contribution in [2.45, 2.75) is 43.4 Å². The van der Waals surface area contributed by atoms with E-state index in [9.17, 15) is 23.1 Å². The number of anilines is 1. The zero-order valence-corrected chi connectivity index (χ0v) is 24.0. The molecule has 0 bridgehead atoms. The van der Waals surface area contributed by atoms with Crippen LogP contribution < -0.4 is 9.64 Å². The summed E-state index contributed by atoms with van der Waals surface area (Å²) in [6.45, 7) is 2.08. The van der Waals surface area contributed by atoms with Crippen molar-refractivity contribution in [3.05, 3.63) is 59.5 Å². The van der Waals surface area contributed by atoms with Crippen LogP contribution in [0.1, 0.15) is 37.7 Å². The molecule has 2 heterocycles. The van der Waals surface area contributed by atoms with Crippen LogP contribution in [0.2, 0.25) is 0 Å². The molecule has 0 amide bonds. The summed E-state index contributed by atoms with van der Waals surface area (Å²) in [6.07, 6.45) is 5.92. The summed E-state index contributed by atoms with van der Waals surface area (Å²) < 4.78 is 46.4. The van der Waals surface area contributed by atoms with Gasteiger partial charge < -0.3 is 19.6 Å². The van der Waals surface area contributed by atoms with Gasteiger partial charge in [0.05, 0.1) is 30.9 Å². The van der Waals surface area contributed by atoms with E-state index < -0.39 is 23.4 Å². The first-order chi connectivity index (χ1) is 19.1. The fourth-order valence-electron chi connectivity index (χ4n) is 5.64. The molecule has 0 saturated carbocycles. The molecule has 216 valence electrons. The average molecular weight is 576 g/mol. The Morgan fingerprint density at radius 1 is 1.18 bits per heavy atom.